The second-order valence-electron chi connectivity index (χ2n) is 4.26. The van der Waals surface area contributed by atoms with Crippen LogP contribution in [-0.4, -0.2) is 13.2 Å². The third-order valence-corrected chi connectivity index (χ3v) is 4.71. The van der Waals surface area contributed by atoms with Crippen LogP contribution in [0.2, 0.25) is 0 Å². The summed E-state index contributed by atoms with van der Waals surface area (Å²) in [6.07, 6.45) is 0. The highest BCUT2D eigenvalue weighted by molar-refractivity contribution is 9.10. The van der Waals surface area contributed by atoms with Crippen molar-refractivity contribution >= 4 is 27.7 Å². The van der Waals surface area contributed by atoms with Crippen LogP contribution in [0.5, 0.6) is 11.5 Å². The number of hydrogen-bond donors (Lipinski definition) is 0. The van der Waals surface area contributed by atoms with Gasteiger partial charge in [-0.3, -0.25) is 0 Å². The molecule has 1 heterocycles. The Hall–Kier alpha value is -1.71. The molecule has 0 saturated heterocycles. The van der Waals surface area contributed by atoms with E-state index in [4.69, 9.17) is 14.7 Å². The summed E-state index contributed by atoms with van der Waals surface area (Å²) in [4.78, 5) is 1.28. The maximum absolute atomic E-state index is 14.2. The lowest BCUT2D eigenvalue weighted by molar-refractivity contribution is 0.171. The van der Waals surface area contributed by atoms with E-state index in [9.17, 15) is 4.39 Å². The average molecular weight is 366 g/mol. The zero-order valence-corrected chi connectivity index (χ0v) is 13.1. The van der Waals surface area contributed by atoms with E-state index >= 15 is 0 Å². The van der Waals surface area contributed by atoms with Crippen LogP contribution < -0.4 is 9.47 Å². The Morgan fingerprint density at radius 3 is 2.67 bits per heavy atom. The minimum Gasteiger partial charge on any atom is -0.486 e. The first-order valence-electron chi connectivity index (χ1n) is 6.14. The van der Waals surface area contributed by atoms with Crippen molar-refractivity contribution < 1.29 is 13.9 Å². The summed E-state index contributed by atoms with van der Waals surface area (Å²) >= 11 is 4.38. The molecule has 3 rings (SSSR count). The fourth-order valence-corrected chi connectivity index (χ4v) is 3.36. The van der Waals surface area contributed by atoms with Crippen molar-refractivity contribution in [3.8, 4) is 17.6 Å². The van der Waals surface area contributed by atoms with Crippen molar-refractivity contribution in [1.82, 2.24) is 0 Å². The molecular formula is C15H9BrFNO2S. The molecule has 0 N–H and O–H groups in total. The maximum atomic E-state index is 14.2. The standard InChI is InChI=1S/C15H9BrFNO2S/c16-14-9(8-18)1-4-13(15(14)17)21-10-2-3-11-12(7-10)20-6-5-19-11/h1-4,7H,5-6H2. The van der Waals surface area contributed by atoms with E-state index in [-0.39, 0.29) is 10.0 Å². The second kappa shape index (κ2) is 5.96. The van der Waals surface area contributed by atoms with Crippen molar-refractivity contribution in [1.29, 1.82) is 5.26 Å². The van der Waals surface area contributed by atoms with Crippen LogP contribution in [0.15, 0.2) is 44.6 Å². The van der Waals surface area contributed by atoms with Crippen molar-refractivity contribution in [3.63, 3.8) is 0 Å². The normalized spacial score (nSPS) is 12.8. The number of rotatable bonds is 2. The molecule has 0 radical (unpaired) electrons. The minimum atomic E-state index is -0.436. The Bertz CT molecular complexity index is 745. The zero-order chi connectivity index (χ0) is 14.8. The van der Waals surface area contributed by atoms with Gasteiger partial charge in [0.25, 0.3) is 0 Å². The third kappa shape index (κ3) is 2.85. The first kappa shape index (κ1) is 14.2. The lowest BCUT2D eigenvalue weighted by atomic mass is 10.2. The summed E-state index contributed by atoms with van der Waals surface area (Å²) < 4.78 is 25.3. The van der Waals surface area contributed by atoms with Crippen molar-refractivity contribution in [2.45, 2.75) is 9.79 Å². The molecule has 0 fully saturated rings. The van der Waals surface area contributed by atoms with Crippen molar-refractivity contribution in [3.05, 3.63) is 46.2 Å². The van der Waals surface area contributed by atoms with E-state index in [2.05, 4.69) is 15.9 Å². The van der Waals surface area contributed by atoms with Gasteiger partial charge in [-0.05, 0) is 46.3 Å². The molecule has 0 aliphatic carbocycles. The van der Waals surface area contributed by atoms with E-state index in [1.54, 1.807) is 12.1 Å². The van der Waals surface area contributed by atoms with E-state index in [1.807, 2.05) is 24.3 Å². The highest BCUT2D eigenvalue weighted by Crippen LogP contribution is 2.39. The molecule has 3 nitrogen and oxygen atoms in total. The summed E-state index contributed by atoms with van der Waals surface area (Å²) in [7, 11) is 0. The van der Waals surface area contributed by atoms with Gasteiger partial charge in [0.15, 0.2) is 17.3 Å². The summed E-state index contributed by atoms with van der Waals surface area (Å²) in [5, 5.41) is 8.87. The Balaban J connectivity index is 1.91. The van der Waals surface area contributed by atoms with E-state index in [0.717, 1.165) is 4.90 Å². The molecule has 2 aromatic carbocycles. The molecule has 0 unspecified atom stereocenters. The number of fused-ring (bicyclic) bond motifs is 1. The van der Waals surface area contributed by atoms with Gasteiger partial charge in [-0.25, -0.2) is 4.39 Å². The minimum absolute atomic E-state index is 0.188. The van der Waals surface area contributed by atoms with Crippen LogP contribution in [0, 0.1) is 17.1 Å². The fourth-order valence-electron chi connectivity index (χ4n) is 1.91. The van der Waals surface area contributed by atoms with Crippen molar-refractivity contribution in [2.75, 3.05) is 13.2 Å². The summed E-state index contributed by atoms with van der Waals surface area (Å²) in [6.45, 7) is 1.05. The van der Waals surface area contributed by atoms with Crippen LogP contribution in [0.3, 0.4) is 0 Å². The number of halogens is 2. The first-order valence-corrected chi connectivity index (χ1v) is 7.75. The van der Waals surface area contributed by atoms with Crippen LogP contribution >= 0.6 is 27.7 Å². The smallest absolute Gasteiger partial charge is 0.162 e. The van der Waals surface area contributed by atoms with Gasteiger partial charge in [-0.2, -0.15) is 5.26 Å². The van der Waals surface area contributed by atoms with Crippen molar-refractivity contribution in [2.24, 2.45) is 0 Å². The number of hydrogen-bond acceptors (Lipinski definition) is 4. The predicted molar refractivity (Wildman–Crippen MR) is 80.4 cm³/mol. The van der Waals surface area contributed by atoms with E-state index in [0.29, 0.717) is 29.6 Å². The van der Waals surface area contributed by atoms with Gasteiger partial charge in [0.2, 0.25) is 0 Å². The molecule has 1 aliphatic heterocycles. The van der Waals surface area contributed by atoms with Gasteiger partial charge in [-0.15, -0.1) is 0 Å². The second-order valence-corrected chi connectivity index (χ2v) is 6.17. The van der Waals surface area contributed by atoms with E-state index in [1.165, 1.54) is 11.8 Å². The van der Waals surface area contributed by atoms with Gasteiger partial charge in [0, 0.05) is 9.79 Å². The molecule has 106 valence electrons. The molecule has 6 heteroatoms. The molecule has 0 amide bonds. The van der Waals surface area contributed by atoms with Crippen LogP contribution in [0.25, 0.3) is 0 Å². The summed E-state index contributed by atoms with van der Waals surface area (Å²) in [5.74, 6) is 0.931. The Labute approximate surface area is 133 Å². The van der Waals surface area contributed by atoms with Crippen LogP contribution in [0.4, 0.5) is 4.39 Å². The first-order chi connectivity index (χ1) is 10.2. The quantitative estimate of drug-likeness (QED) is 0.791. The molecular weight excluding hydrogens is 357 g/mol. The van der Waals surface area contributed by atoms with Crippen LogP contribution in [-0.2, 0) is 0 Å². The Morgan fingerprint density at radius 2 is 1.90 bits per heavy atom. The Kier molecular flexibility index (Phi) is 4.04. The number of nitrogens with zero attached hydrogens (tertiary/aromatic N) is 1. The molecule has 1 aliphatic rings. The average Bonchev–Trinajstić information content (AvgIpc) is 2.52. The number of ether oxygens (including phenoxy) is 2. The molecule has 0 bridgehead atoms. The summed E-state index contributed by atoms with van der Waals surface area (Å²) in [5.41, 5.74) is 0.277. The maximum Gasteiger partial charge on any atom is 0.162 e. The van der Waals surface area contributed by atoms with Gasteiger partial charge in [-0.1, -0.05) is 11.8 Å². The monoisotopic (exact) mass is 365 g/mol. The SMILES string of the molecule is N#Cc1ccc(Sc2ccc3c(c2)OCCO3)c(F)c1Br. The van der Waals surface area contributed by atoms with Gasteiger partial charge in [0.05, 0.1) is 10.0 Å². The molecule has 21 heavy (non-hydrogen) atoms. The van der Waals surface area contributed by atoms with Gasteiger partial charge >= 0.3 is 0 Å². The molecule has 0 atom stereocenters. The molecule has 2 aromatic rings. The summed E-state index contributed by atoms with van der Waals surface area (Å²) in [6, 6.07) is 10.6. The highest BCUT2D eigenvalue weighted by Gasteiger charge is 2.15. The lowest BCUT2D eigenvalue weighted by Crippen LogP contribution is -2.15. The fraction of sp³-hybridized carbons (Fsp3) is 0.133. The molecule has 0 saturated carbocycles. The molecule has 0 aromatic heterocycles. The van der Waals surface area contributed by atoms with Crippen LogP contribution in [0.1, 0.15) is 5.56 Å². The zero-order valence-electron chi connectivity index (χ0n) is 10.7. The highest BCUT2D eigenvalue weighted by atomic mass is 79.9. The largest absolute Gasteiger partial charge is 0.486 e. The predicted octanol–water partition coefficient (Wildman–Crippen LogP) is 4.38. The number of nitriles is 1. The topological polar surface area (TPSA) is 42.2 Å². The number of benzene rings is 2. The van der Waals surface area contributed by atoms with Gasteiger partial charge < -0.3 is 9.47 Å². The van der Waals surface area contributed by atoms with Gasteiger partial charge in [0.1, 0.15) is 19.3 Å². The third-order valence-electron chi connectivity index (χ3n) is 2.91. The van der Waals surface area contributed by atoms with E-state index < -0.39 is 5.82 Å². The molecule has 0 spiro atoms. The Morgan fingerprint density at radius 1 is 1.14 bits per heavy atom. The lowest BCUT2D eigenvalue weighted by Gasteiger charge is -2.18.